The van der Waals surface area contributed by atoms with E-state index < -0.39 is 0 Å². The van der Waals surface area contributed by atoms with Crippen LogP contribution in [-0.2, 0) is 6.54 Å². The van der Waals surface area contributed by atoms with E-state index in [9.17, 15) is 0 Å². The van der Waals surface area contributed by atoms with Gasteiger partial charge in [-0.3, -0.25) is 0 Å². The number of anilines is 1. The fraction of sp³-hybridized carbons (Fsp3) is 0.346. The minimum absolute atomic E-state index is 0.768. The highest BCUT2D eigenvalue weighted by atomic mass is 32.1. The van der Waals surface area contributed by atoms with E-state index in [0.29, 0.717) is 0 Å². The van der Waals surface area contributed by atoms with Crippen molar-refractivity contribution in [3.63, 3.8) is 0 Å². The second-order valence-corrected chi connectivity index (χ2v) is 9.55. The molecule has 6 heteroatoms. The van der Waals surface area contributed by atoms with Crippen molar-refractivity contribution in [3.05, 3.63) is 77.0 Å². The van der Waals surface area contributed by atoms with Gasteiger partial charge in [-0.2, -0.15) is 0 Å². The summed E-state index contributed by atoms with van der Waals surface area (Å²) in [5.74, 6) is 1.64. The molecule has 168 valence electrons. The zero-order valence-corrected chi connectivity index (χ0v) is 20.0. The first-order valence-electron chi connectivity index (χ1n) is 11.4. The molecule has 2 heterocycles. The van der Waals surface area contributed by atoms with Gasteiger partial charge in [0, 0.05) is 23.7 Å². The number of thiophene rings is 1. The zero-order valence-electron chi connectivity index (χ0n) is 18.4. The number of nitrogens with zero attached hydrogens (tertiary/aromatic N) is 2. The molecule has 1 aliphatic heterocycles. The average Bonchev–Trinajstić information content (AvgIpc) is 3.19. The number of ether oxygens (including phenoxy) is 1. The maximum absolute atomic E-state index is 5.90. The van der Waals surface area contributed by atoms with E-state index in [4.69, 9.17) is 17.0 Å². The van der Waals surface area contributed by atoms with Gasteiger partial charge in [0.15, 0.2) is 5.11 Å². The van der Waals surface area contributed by atoms with Crippen molar-refractivity contribution >= 4 is 34.4 Å². The Hall–Kier alpha value is -2.41. The Morgan fingerprint density at radius 1 is 0.906 bits per heavy atom. The minimum atomic E-state index is 0.768. The number of rotatable bonds is 8. The molecule has 0 bridgehead atoms. The molecule has 1 fully saturated rings. The quantitative estimate of drug-likeness (QED) is 0.378. The Morgan fingerprint density at radius 3 is 2.31 bits per heavy atom. The summed E-state index contributed by atoms with van der Waals surface area (Å²) < 4.78 is 5.90. The van der Waals surface area contributed by atoms with Crippen LogP contribution in [0.4, 0.5) is 5.69 Å². The van der Waals surface area contributed by atoms with Crippen molar-refractivity contribution in [1.29, 1.82) is 0 Å². The van der Waals surface area contributed by atoms with Crippen LogP contribution in [0.2, 0.25) is 0 Å². The molecule has 1 aromatic heterocycles. The van der Waals surface area contributed by atoms with Crippen LogP contribution in [0, 0.1) is 0 Å². The highest BCUT2D eigenvalue weighted by Gasteiger charge is 2.15. The fourth-order valence-corrected chi connectivity index (χ4v) is 4.89. The summed E-state index contributed by atoms with van der Waals surface area (Å²) in [7, 11) is 0. The standard InChI is InChI=1S/C26H31N3OS2/c31-26(27-22-12-14-24(15-13-22)30-23-9-4-3-5-10-23)29(21-25-11-8-20-32-25)19-18-28-16-6-1-2-7-17-28/h3-5,8-15,20H,1-2,6-7,16-19,21H2,(H,27,31). The van der Waals surface area contributed by atoms with E-state index in [0.717, 1.165) is 41.9 Å². The number of nitrogens with one attached hydrogen (secondary N) is 1. The van der Waals surface area contributed by atoms with Gasteiger partial charge in [-0.05, 0) is 86.0 Å². The summed E-state index contributed by atoms with van der Waals surface area (Å²) in [6.07, 6.45) is 5.34. The zero-order chi connectivity index (χ0) is 22.0. The molecule has 4 nitrogen and oxygen atoms in total. The lowest BCUT2D eigenvalue weighted by Gasteiger charge is -2.29. The highest BCUT2D eigenvalue weighted by molar-refractivity contribution is 7.80. The number of hydrogen-bond donors (Lipinski definition) is 1. The normalized spacial score (nSPS) is 14.5. The predicted octanol–water partition coefficient (Wildman–Crippen LogP) is 6.62. The van der Waals surface area contributed by atoms with Gasteiger partial charge >= 0.3 is 0 Å². The van der Waals surface area contributed by atoms with Crippen LogP contribution in [-0.4, -0.2) is 41.1 Å². The van der Waals surface area contributed by atoms with Crippen LogP contribution in [0.1, 0.15) is 30.6 Å². The first-order valence-corrected chi connectivity index (χ1v) is 12.7. The van der Waals surface area contributed by atoms with Crippen molar-refractivity contribution in [3.8, 4) is 11.5 Å². The lowest BCUT2D eigenvalue weighted by atomic mass is 10.2. The predicted molar refractivity (Wildman–Crippen MR) is 139 cm³/mol. The minimum Gasteiger partial charge on any atom is -0.457 e. The summed E-state index contributed by atoms with van der Waals surface area (Å²) >= 11 is 7.62. The second-order valence-electron chi connectivity index (χ2n) is 8.13. The van der Waals surface area contributed by atoms with E-state index in [1.54, 1.807) is 11.3 Å². The third-order valence-electron chi connectivity index (χ3n) is 5.68. The lowest BCUT2D eigenvalue weighted by Crippen LogP contribution is -2.40. The Kier molecular flexibility index (Phi) is 8.54. The van der Waals surface area contributed by atoms with Gasteiger partial charge in [-0.15, -0.1) is 11.3 Å². The van der Waals surface area contributed by atoms with Crippen molar-refractivity contribution in [2.45, 2.75) is 32.2 Å². The topological polar surface area (TPSA) is 27.7 Å². The highest BCUT2D eigenvalue weighted by Crippen LogP contribution is 2.23. The van der Waals surface area contributed by atoms with Crippen LogP contribution in [0.25, 0.3) is 0 Å². The maximum Gasteiger partial charge on any atom is 0.173 e. The van der Waals surface area contributed by atoms with Gasteiger partial charge in [0.2, 0.25) is 0 Å². The Labute approximate surface area is 200 Å². The van der Waals surface area contributed by atoms with Crippen LogP contribution in [0.15, 0.2) is 72.1 Å². The number of likely N-dealkylation sites (tertiary alicyclic amines) is 1. The number of benzene rings is 2. The smallest absolute Gasteiger partial charge is 0.173 e. The second kappa shape index (κ2) is 12.0. The maximum atomic E-state index is 5.90. The van der Waals surface area contributed by atoms with Crippen molar-refractivity contribution in [2.24, 2.45) is 0 Å². The molecule has 3 aromatic rings. The molecule has 4 rings (SSSR count). The van der Waals surface area contributed by atoms with Gasteiger partial charge in [-0.25, -0.2) is 0 Å². The van der Waals surface area contributed by atoms with Crippen molar-refractivity contribution in [1.82, 2.24) is 9.80 Å². The van der Waals surface area contributed by atoms with Gasteiger partial charge in [0.25, 0.3) is 0 Å². The molecular formula is C26H31N3OS2. The first-order chi connectivity index (χ1) is 15.8. The Balaban J connectivity index is 1.36. The fourth-order valence-electron chi connectivity index (χ4n) is 3.90. The van der Waals surface area contributed by atoms with E-state index in [1.165, 1.54) is 43.6 Å². The number of para-hydroxylation sites is 1. The summed E-state index contributed by atoms with van der Waals surface area (Å²) in [4.78, 5) is 6.21. The molecule has 0 atom stereocenters. The van der Waals surface area contributed by atoms with Crippen LogP contribution in [0.5, 0.6) is 11.5 Å². The SMILES string of the molecule is S=C(Nc1ccc(Oc2ccccc2)cc1)N(CCN1CCCCCC1)Cc1cccs1. The molecule has 0 unspecified atom stereocenters. The van der Waals surface area contributed by atoms with Crippen LogP contribution < -0.4 is 10.1 Å². The molecule has 1 aliphatic rings. The van der Waals surface area contributed by atoms with Gasteiger partial charge in [0.1, 0.15) is 11.5 Å². The largest absolute Gasteiger partial charge is 0.457 e. The molecule has 2 aromatic carbocycles. The molecular weight excluding hydrogens is 434 g/mol. The van der Waals surface area contributed by atoms with E-state index in [2.05, 4.69) is 32.6 Å². The monoisotopic (exact) mass is 465 g/mol. The summed E-state index contributed by atoms with van der Waals surface area (Å²) in [6.45, 7) is 5.23. The average molecular weight is 466 g/mol. The molecule has 0 spiro atoms. The Bertz CT molecular complexity index is 937. The summed E-state index contributed by atoms with van der Waals surface area (Å²) in [6, 6.07) is 22.1. The van der Waals surface area contributed by atoms with Gasteiger partial charge < -0.3 is 19.9 Å². The molecule has 32 heavy (non-hydrogen) atoms. The van der Waals surface area contributed by atoms with Crippen LogP contribution >= 0.6 is 23.6 Å². The Morgan fingerprint density at radius 2 is 1.62 bits per heavy atom. The first kappa shape index (κ1) is 22.8. The number of hydrogen-bond acceptors (Lipinski definition) is 4. The molecule has 0 aliphatic carbocycles. The summed E-state index contributed by atoms with van der Waals surface area (Å²) in [5.41, 5.74) is 0.973. The molecule has 0 radical (unpaired) electrons. The molecule has 0 amide bonds. The third-order valence-corrected chi connectivity index (χ3v) is 6.90. The lowest BCUT2D eigenvalue weighted by molar-refractivity contribution is 0.253. The number of thiocarbonyl (C=S) groups is 1. The third kappa shape index (κ3) is 7.05. The van der Waals surface area contributed by atoms with Gasteiger partial charge in [-0.1, -0.05) is 37.1 Å². The van der Waals surface area contributed by atoms with Crippen molar-refractivity contribution < 1.29 is 4.74 Å². The van der Waals surface area contributed by atoms with Crippen molar-refractivity contribution in [2.75, 3.05) is 31.5 Å². The van der Waals surface area contributed by atoms with Gasteiger partial charge in [0.05, 0.1) is 6.54 Å². The van der Waals surface area contributed by atoms with Crippen LogP contribution in [0.3, 0.4) is 0 Å². The van der Waals surface area contributed by atoms with E-state index in [1.807, 2.05) is 54.6 Å². The van der Waals surface area contributed by atoms with E-state index in [-0.39, 0.29) is 0 Å². The molecule has 1 N–H and O–H groups in total. The molecule has 1 saturated heterocycles. The summed E-state index contributed by atoms with van der Waals surface area (Å²) in [5, 5.41) is 6.33. The van der Waals surface area contributed by atoms with E-state index >= 15 is 0 Å². The molecule has 0 saturated carbocycles.